The van der Waals surface area contributed by atoms with Crippen LogP contribution >= 0.6 is 0 Å². The average molecular weight is 543 g/mol. The van der Waals surface area contributed by atoms with Gasteiger partial charge in [-0.1, -0.05) is 6.07 Å². The van der Waals surface area contributed by atoms with Gasteiger partial charge in [-0.2, -0.15) is 0 Å². The minimum absolute atomic E-state index is 0.00283. The highest BCUT2D eigenvalue weighted by Crippen LogP contribution is 2.28. The molecule has 36 heavy (non-hydrogen) atoms. The molecule has 1 saturated heterocycles. The van der Waals surface area contributed by atoms with Crippen LogP contribution in [-0.4, -0.2) is 75.8 Å². The maximum Gasteiger partial charge on any atom is 0.320 e. The maximum atomic E-state index is 11.8. The average Bonchev–Trinajstić information content (AvgIpc) is 2.78. The Morgan fingerprint density at radius 2 is 1.69 bits per heavy atom. The lowest BCUT2D eigenvalue weighted by atomic mass is 10.0. The number of aliphatic carboxylic acids is 1. The number of benzene rings is 2. The lowest BCUT2D eigenvalue weighted by Crippen LogP contribution is -2.43. The standard InChI is InChI=1S/C22H30N4O8S2/c1-35(31,32)25-19-12-15(2-7-20(19)27)21(28)13-23-16-8-10-26(11-9-16)18-5-3-17(4-6-18)24-36(33,34)14-22(29)30/h2-7,12,16,21,23-25,27-28H,8-11,13-14H2,1H3,(H,29,30)/t21-/m0/s1. The number of carbonyl (C=O) groups is 1. The summed E-state index contributed by atoms with van der Waals surface area (Å²) < 4.78 is 50.9. The highest BCUT2D eigenvalue weighted by Gasteiger charge is 2.21. The fourth-order valence-electron chi connectivity index (χ4n) is 3.90. The Balaban J connectivity index is 1.49. The molecule has 1 fully saturated rings. The van der Waals surface area contributed by atoms with Gasteiger partial charge in [0.05, 0.1) is 18.0 Å². The quantitative estimate of drug-likeness (QED) is 0.223. The van der Waals surface area contributed by atoms with Gasteiger partial charge in [0.15, 0.2) is 5.75 Å². The van der Waals surface area contributed by atoms with Gasteiger partial charge in [-0.15, -0.1) is 0 Å². The van der Waals surface area contributed by atoms with Crippen LogP contribution in [0.4, 0.5) is 17.1 Å². The van der Waals surface area contributed by atoms with Crippen molar-refractivity contribution in [3.8, 4) is 5.75 Å². The van der Waals surface area contributed by atoms with E-state index in [0.29, 0.717) is 5.56 Å². The van der Waals surface area contributed by atoms with Crippen LogP contribution < -0.4 is 19.7 Å². The normalized spacial score (nSPS) is 15.9. The number of hydrogen-bond acceptors (Lipinski definition) is 9. The molecule has 0 bridgehead atoms. The van der Waals surface area contributed by atoms with Crippen molar-refractivity contribution in [2.24, 2.45) is 0 Å². The number of piperidine rings is 1. The van der Waals surface area contributed by atoms with Gasteiger partial charge in [0.25, 0.3) is 0 Å². The number of aliphatic hydroxyl groups is 1. The molecule has 1 heterocycles. The van der Waals surface area contributed by atoms with Crippen LogP contribution in [0.2, 0.25) is 0 Å². The van der Waals surface area contributed by atoms with Crippen LogP contribution in [-0.2, 0) is 24.8 Å². The van der Waals surface area contributed by atoms with E-state index in [0.717, 1.165) is 37.9 Å². The third-order valence-corrected chi connectivity index (χ3v) is 7.38. The van der Waals surface area contributed by atoms with Gasteiger partial charge in [-0.05, 0) is 54.8 Å². The minimum Gasteiger partial charge on any atom is -0.506 e. The lowest BCUT2D eigenvalue weighted by Gasteiger charge is -2.34. The topological polar surface area (TPSA) is 185 Å². The van der Waals surface area contributed by atoms with Crippen molar-refractivity contribution >= 4 is 43.1 Å². The van der Waals surface area contributed by atoms with E-state index < -0.39 is 37.9 Å². The van der Waals surface area contributed by atoms with Gasteiger partial charge in [0.2, 0.25) is 20.0 Å². The summed E-state index contributed by atoms with van der Waals surface area (Å²) in [4.78, 5) is 12.8. The van der Waals surface area contributed by atoms with Gasteiger partial charge in [0, 0.05) is 37.1 Å². The Bertz CT molecular complexity index is 1280. The number of hydrogen-bond donors (Lipinski definition) is 6. The molecule has 3 rings (SSSR count). The number of anilines is 3. The third kappa shape index (κ3) is 8.26. The van der Waals surface area contributed by atoms with Crippen LogP contribution in [0.15, 0.2) is 42.5 Å². The summed E-state index contributed by atoms with van der Waals surface area (Å²) in [7, 11) is -7.54. The highest BCUT2D eigenvalue weighted by atomic mass is 32.2. The van der Waals surface area contributed by atoms with E-state index in [9.17, 15) is 31.8 Å². The minimum atomic E-state index is -3.96. The molecule has 0 saturated carbocycles. The molecule has 0 spiro atoms. The molecule has 1 atom stereocenters. The number of sulfonamides is 2. The Morgan fingerprint density at radius 3 is 2.28 bits per heavy atom. The number of aromatic hydroxyl groups is 1. The lowest BCUT2D eigenvalue weighted by molar-refractivity contribution is -0.134. The summed E-state index contributed by atoms with van der Waals surface area (Å²) in [5.74, 6) is -2.67. The van der Waals surface area contributed by atoms with Crippen molar-refractivity contribution in [2.75, 3.05) is 46.0 Å². The third-order valence-electron chi connectivity index (χ3n) is 5.61. The molecule has 0 aliphatic carbocycles. The van der Waals surface area contributed by atoms with Crippen molar-refractivity contribution in [1.82, 2.24) is 5.32 Å². The second-order valence-corrected chi connectivity index (χ2v) is 12.1. The van der Waals surface area contributed by atoms with E-state index in [1.807, 2.05) is 0 Å². The van der Waals surface area contributed by atoms with E-state index in [-0.39, 0.29) is 29.7 Å². The van der Waals surface area contributed by atoms with Gasteiger partial charge in [-0.3, -0.25) is 14.2 Å². The molecule has 2 aromatic carbocycles. The van der Waals surface area contributed by atoms with E-state index in [1.54, 1.807) is 24.3 Å². The predicted octanol–water partition coefficient (Wildman–Crippen LogP) is 0.882. The predicted molar refractivity (Wildman–Crippen MR) is 136 cm³/mol. The Hall–Kier alpha value is -3.07. The van der Waals surface area contributed by atoms with E-state index in [2.05, 4.69) is 19.7 Å². The summed E-state index contributed by atoms with van der Waals surface area (Å²) in [5, 5.41) is 32.4. The fraction of sp³-hybridized carbons (Fsp3) is 0.409. The Morgan fingerprint density at radius 1 is 1.06 bits per heavy atom. The van der Waals surface area contributed by atoms with Crippen molar-refractivity contribution in [1.29, 1.82) is 0 Å². The van der Waals surface area contributed by atoms with Crippen LogP contribution in [0.1, 0.15) is 24.5 Å². The fourth-order valence-corrected chi connectivity index (χ4v) is 5.35. The van der Waals surface area contributed by atoms with Crippen LogP contribution in [0.3, 0.4) is 0 Å². The molecule has 2 aromatic rings. The van der Waals surface area contributed by atoms with Gasteiger partial charge < -0.3 is 25.5 Å². The van der Waals surface area contributed by atoms with Crippen molar-refractivity contribution in [2.45, 2.75) is 25.0 Å². The number of rotatable bonds is 11. The van der Waals surface area contributed by atoms with Crippen LogP contribution in [0, 0.1) is 0 Å². The van der Waals surface area contributed by atoms with Crippen LogP contribution in [0.5, 0.6) is 5.75 Å². The van der Waals surface area contributed by atoms with E-state index in [4.69, 9.17) is 5.11 Å². The van der Waals surface area contributed by atoms with Crippen molar-refractivity contribution in [3.63, 3.8) is 0 Å². The first-order chi connectivity index (χ1) is 16.8. The zero-order chi connectivity index (χ0) is 26.5. The first-order valence-corrected chi connectivity index (χ1v) is 14.6. The smallest absolute Gasteiger partial charge is 0.320 e. The van der Waals surface area contributed by atoms with E-state index >= 15 is 0 Å². The molecule has 12 nitrogen and oxygen atoms in total. The zero-order valence-electron chi connectivity index (χ0n) is 19.6. The molecule has 0 unspecified atom stereocenters. The molecule has 198 valence electrons. The van der Waals surface area contributed by atoms with Gasteiger partial charge in [-0.25, -0.2) is 16.8 Å². The second-order valence-electron chi connectivity index (χ2n) is 8.64. The number of phenolic OH excluding ortho intramolecular Hbond substituents is 1. The SMILES string of the molecule is CS(=O)(=O)Nc1cc([C@@H](O)CNC2CCN(c3ccc(NS(=O)(=O)CC(=O)O)cc3)CC2)ccc1O. The van der Waals surface area contributed by atoms with Gasteiger partial charge in [0.1, 0.15) is 5.75 Å². The second kappa shape index (κ2) is 11.3. The number of phenols is 1. The molecule has 14 heteroatoms. The highest BCUT2D eigenvalue weighted by molar-refractivity contribution is 7.93. The summed E-state index contributed by atoms with van der Waals surface area (Å²) in [6, 6.07) is 11.1. The maximum absolute atomic E-state index is 11.8. The summed E-state index contributed by atoms with van der Waals surface area (Å²) in [5.41, 5.74) is 1.66. The molecule has 0 aromatic heterocycles. The van der Waals surface area contributed by atoms with Crippen molar-refractivity contribution < 1.29 is 36.9 Å². The molecule has 1 aliphatic heterocycles. The number of carboxylic acid groups (broad SMARTS) is 1. The Labute approximate surface area is 210 Å². The first kappa shape index (κ1) is 27.5. The molecule has 0 radical (unpaired) electrons. The summed E-state index contributed by atoms with van der Waals surface area (Å²) in [6.45, 7) is 1.72. The zero-order valence-corrected chi connectivity index (χ0v) is 21.2. The first-order valence-electron chi connectivity index (χ1n) is 11.1. The van der Waals surface area contributed by atoms with Gasteiger partial charge >= 0.3 is 5.97 Å². The number of carboxylic acids is 1. The molecule has 6 N–H and O–H groups in total. The number of nitrogens with one attached hydrogen (secondary N) is 3. The molecule has 0 amide bonds. The molecular weight excluding hydrogens is 512 g/mol. The molecule has 1 aliphatic rings. The Kier molecular flexibility index (Phi) is 8.66. The largest absolute Gasteiger partial charge is 0.506 e. The van der Waals surface area contributed by atoms with E-state index in [1.165, 1.54) is 18.2 Å². The number of nitrogens with zero attached hydrogens (tertiary/aromatic N) is 1. The monoisotopic (exact) mass is 542 g/mol. The summed E-state index contributed by atoms with van der Waals surface area (Å²) >= 11 is 0. The van der Waals surface area contributed by atoms with Crippen LogP contribution in [0.25, 0.3) is 0 Å². The molecular formula is C22H30N4O8S2. The summed E-state index contributed by atoms with van der Waals surface area (Å²) in [6.07, 6.45) is 1.68. The van der Waals surface area contributed by atoms with Crippen molar-refractivity contribution in [3.05, 3.63) is 48.0 Å². The number of aliphatic hydroxyl groups excluding tert-OH is 1.